The van der Waals surface area contributed by atoms with E-state index in [9.17, 15) is 4.79 Å². The first-order chi connectivity index (χ1) is 9.65. The van der Waals surface area contributed by atoms with Crippen molar-refractivity contribution >= 4 is 22.9 Å². The molecular formula is C14H17N3O2S. The summed E-state index contributed by atoms with van der Waals surface area (Å²) < 4.78 is 5.20. The maximum absolute atomic E-state index is 12.3. The Morgan fingerprint density at radius 1 is 1.55 bits per heavy atom. The van der Waals surface area contributed by atoms with Crippen LogP contribution in [0.3, 0.4) is 0 Å². The lowest BCUT2D eigenvalue weighted by molar-refractivity contribution is 0.0932. The van der Waals surface area contributed by atoms with Gasteiger partial charge in [0.1, 0.15) is 10.8 Å². The number of anilines is 1. The van der Waals surface area contributed by atoms with E-state index in [4.69, 9.17) is 10.5 Å². The number of nitrogens with zero attached hydrogens (tertiary/aromatic N) is 1. The highest BCUT2D eigenvalue weighted by molar-refractivity contribution is 7.09. The fraction of sp³-hybridized carbons (Fsp3) is 0.286. The van der Waals surface area contributed by atoms with Gasteiger partial charge in [-0.2, -0.15) is 0 Å². The molecule has 0 saturated carbocycles. The fourth-order valence-electron chi connectivity index (χ4n) is 1.88. The average molecular weight is 291 g/mol. The van der Waals surface area contributed by atoms with Crippen LogP contribution in [-0.2, 0) is 0 Å². The Labute approximate surface area is 121 Å². The number of nitrogen functional groups attached to an aromatic ring is 1. The molecule has 0 aliphatic carbocycles. The predicted molar refractivity (Wildman–Crippen MR) is 80.0 cm³/mol. The van der Waals surface area contributed by atoms with E-state index in [1.165, 1.54) is 18.4 Å². The zero-order valence-corrected chi connectivity index (χ0v) is 12.2. The summed E-state index contributed by atoms with van der Waals surface area (Å²) in [5.74, 6) is 0.278. The molecule has 1 heterocycles. The highest BCUT2D eigenvalue weighted by Crippen LogP contribution is 2.24. The van der Waals surface area contributed by atoms with Crippen molar-refractivity contribution in [3.63, 3.8) is 0 Å². The first kappa shape index (κ1) is 14.3. The van der Waals surface area contributed by atoms with Gasteiger partial charge in [0.15, 0.2) is 0 Å². The van der Waals surface area contributed by atoms with Crippen LogP contribution in [0, 0.1) is 0 Å². The third kappa shape index (κ3) is 3.08. The Morgan fingerprint density at radius 2 is 2.35 bits per heavy atom. The number of nitrogens with one attached hydrogen (secondary N) is 1. The van der Waals surface area contributed by atoms with E-state index in [1.54, 1.807) is 24.4 Å². The summed E-state index contributed by atoms with van der Waals surface area (Å²) in [6.07, 6.45) is 2.51. The van der Waals surface area contributed by atoms with Crippen LogP contribution in [0.1, 0.15) is 34.8 Å². The SMILES string of the molecule is CCC(NC(=O)c1ccc(N)cc1OC)c1nccs1. The Balaban J connectivity index is 2.19. The number of thiazole rings is 1. The molecule has 1 unspecified atom stereocenters. The summed E-state index contributed by atoms with van der Waals surface area (Å²) in [5, 5.41) is 5.76. The van der Waals surface area contributed by atoms with E-state index in [0.717, 1.165) is 11.4 Å². The zero-order chi connectivity index (χ0) is 14.5. The first-order valence-corrected chi connectivity index (χ1v) is 7.17. The monoisotopic (exact) mass is 291 g/mol. The number of aromatic nitrogens is 1. The summed E-state index contributed by atoms with van der Waals surface area (Å²) in [6.45, 7) is 2.01. The number of methoxy groups -OCH3 is 1. The number of benzene rings is 1. The van der Waals surface area contributed by atoms with Crippen LogP contribution in [0.2, 0.25) is 0 Å². The van der Waals surface area contributed by atoms with Crippen molar-refractivity contribution in [2.75, 3.05) is 12.8 Å². The van der Waals surface area contributed by atoms with E-state index in [2.05, 4.69) is 10.3 Å². The molecule has 6 heteroatoms. The van der Waals surface area contributed by atoms with Gasteiger partial charge < -0.3 is 15.8 Å². The third-order valence-corrected chi connectivity index (χ3v) is 3.82. The van der Waals surface area contributed by atoms with E-state index in [1.807, 2.05) is 12.3 Å². The van der Waals surface area contributed by atoms with Crippen molar-refractivity contribution < 1.29 is 9.53 Å². The van der Waals surface area contributed by atoms with Crippen molar-refractivity contribution in [1.82, 2.24) is 10.3 Å². The average Bonchev–Trinajstić information content (AvgIpc) is 2.98. The van der Waals surface area contributed by atoms with Gasteiger partial charge in [-0.3, -0.25) is 4.79 Å². The largest absolute Gasteiger partial charge is 0.496 e. The molecule has 0 spiro atoms. The molecule has 0 bridgehead atoms. The molecule has 0 saturated heterocycles. The van der Waals surface area contributed by atoms with Gasteiger partial charge in [-0.05, 0) is 18.6 Å². The molecule has 0 radical (unpaired) electrons. The van der Waals surface area contributed by atoms with Crippen molar-refractivity contribution in [1.29, 1.82) is 0 Å². The highest BCUT2D eigenvalue weighted by Gasteiger charge is 2.18. The number of amides is 1. The number of rotatable bonds is 5. The minimum atomic E-state index is -0.191. The Kier molecular flexibility index (Phi) is 4.57. The number of carbonyl (C=O) groups is 1. The van der Waals surface area contributed by atoms with Gasteiger partial charge in [0.25, 0.3) is 5.91 Å². The minimum absolute atomic E-state index is 0.0928. The van der Waals surface area contributed by atoms with Gasteiger partial charge in [-0.25, -0.2) is 4.98 Å². The van der Waals surface area contributed by atoms with Gasteiger partial charge in [-0.15, -0.1) is 11.3 Å². The smallest absolute Gasteiger partial charge is 0.255 e. The van der Waals surface area contributed by atoms with Gasteiger partial charge in [-0.1, -0.05) is 6.92 Å². The zero-order valence-electron chi connectivity index (χ0n) is 11.4. The van der Waals surface area contributed by atoms with Crippen molar-refractivity contribution in [3.05, 3.63) is 40.3 Å². The number of hydrogen-bond donors (Lipinski definition) is 2. The first-order valence-electron chi connectivity index (χ1n) is 6.29. The topological polar surface area (TPSA) is 77.2 Å². The summed E-state index contributed by atoms with van der Waals surface area (Å²) in [5.41, 5.74) is 6.72. The molecule has 106 valence electrons. The number of nitrogens with two attached hydrogens (primary N) is 1. The fourth-order valence-corrected chi connectivity index (χ4v) is 2.65. The number of hydrogen-bond acceptors (Lipinski definition) is 5. The molecule has 5 nitrogen and oxygen atoms in total. The van der Waals surface area contributed by atoms with Crippen LogP contribution in [0.5, 0.6) is 5.75 Å². The second kappa shape index (κ2) is 6.38. The standard InChI is InChI=1S/C14H17N3O2S/c1-3-11(14-16-6-7-20-14)17-13(18)10-5-4-9(15)8-12(10)19-2/h4-8,11H,3,15H2,1-2H3,(H,17,18). The molecule has 20 heavy (non-hydrogen) atoms. The molecule has 0 aliphatic heterocycles. The molecule has 0 aliphatic rings. The third-order valence-electron chi connectivity index (χ3n) is 2.93. The molecule has 2 aromatic rings. The summed E-state index contributed by atoms with van der Waals surface area (Å²) in [7, 11) is 1.52. The van der Waals surface area contributed by atoms with Crippen molar-refractivity contribution in [2.24, 2.45) is 0 Å². The van der Waals surface area contributed by atoms with E-state index >= 15 is 0 Å². The second-order valence-corrected chi connectivity index (χ2v) is 5.19. The summed E-state index contributed by atoms with van der Waals surface area (Å²) in [4.78, 5) is 16.6. The van der Waals surface area contributed by atoms with Gasteiger partial charge >= 0.3 is 0 Å². The molecule has 1 amide bonds. The van der Waals surface area contributed by atoms with Crippen molar-refractivity contribution in [3.8, 4) is 5.75 Å². The van der Waals surface area contributed by atoms with Crippen LogP contribution in [0.25, 0.3) is 0 Å². The lowest BCUT2D eigenvalue weighted by atomic mass is 10.1. The van der Waals surface area contributed by atoms with Crippen LogP contribution >= 0.6 is 11.3 Å². The van der Waals surface area contributed by atoms with E-state index < -0.39 is 0 Å². The predicted octanol–water partition coefficient (Wildman–Crippen LogP) is 2.62. The lowest BCUT2D eigenvalue weighted by Crippen LogP contribution is -2.28. The maximum Gasteiger partial charge on any atom is 0.255 e. The highest BCUT2D eigenvalue weighted by atomic mass is 32.1. The molecule has 0 fully saturated rings. The van der Waals surface area contributed by atoms with Crippen LogP contribution in [-0.4, -0.2) is 18.0 Å². The quantitative estimate of drug-likeness (QED) is 0.830. The molecule has 1 aromatic carbocycles. The van der Waals surface area contributed by atoms with Gasteiger partial charge in [0, 0.05) is 23.3 Å². The summed E-state index contributed by atoms with van der Waals surface area (Å²) in [6, 6.07) is 4.89. The maximum atomic E-state index is 12.3. The molecule has 3 N–H and O–H groups in total. The normalized spacial score (nSPS) is 11.9. The van der Waals surface area contributed by atoms with E-state index in [0.29, 0.717) is 17.0 Å². The Morgan fingerprint density at radius 3 is 2.95 bits per heavy atom. The van der Waals surface area contributed by atoms with Gasteiger partial charge in [0.2, 0.25) is 0 Å². The molecule has 1 aromatic heterocycles. The lowest BCUT2D eigenvalue weighted by Gasteiger charge is -2.16. The summed E-state index contributed by atoms with van der Waals surface area (Å²) >= 11 is 1.53. The van der Waals surface area contributed by atoms with Crippen LogP contribution in [0.15, 0.2) is 29.8 Å². The Bertz CT molecular complexity index is 584. The number of ether oxygens (including phenoxy) is 1. The Hall–Kier alpha value is -2.08. The number of carbonyl (C=O) groups excluding carboxylic acids is 1. The molecule has 1 atom stereocenters. The minimum Gasteiger partial charge on any atom is -0.496 e. The molecular weight excluding hydrogens is 274 g/mol. The van der Waals surface area contributed by atoms with E-state index in [-0.39, 0.29) is 11.9 Å². The second-order valence-electron chi connectivity index (χ2n) is 4.26. The van der Waals surface area contributed by atoms with Gasteiger partial charge in [0.05, 0.1) is 18.7 Å². The van der Waals surface area contributed by atoms with Crippen molar-refractivity contribution in [2.45, 2.75) is 19.4 Å². The molecule has 2 rings (SSSR count). The van der Waals surface area contributed by atoms with Crippen LogP contribution in [0.4, 0.5) is 5.69 Å². The van der Waals surface area contributed by atoms with Crippen LogP contribution < -0.4 is 15.8 Å².